The lowest BCUT2D eigenvalue weighted by atomic mass is 10.2. The van der Waals surface area contributed by atoms with Gasteiger partial charge in [0.25, 0.3) is 0 Å². The number of aryl methyl sites for hydroxylation is 1. The highest BCUT2D eigenvalue weighted by molar-refractivity contribution is 14.0. The fourth-order valence-corrected chi connectivity index (χ4v) is 3.00. The third-order valence-electron chi connectivity index (χ3n) is 3.65. The van der Waals surface area contributed by atoms with Gasteiger partial charge in [-0.1, -0.05) is 32.9 Å². The first-order valence-electron chi connectivity index (χ1n) is 8.71. The molecule has 0 aliphatic heterocycles. The standard InChI is InChI=1S/C17H28N6OS.HI/c1-11(2)13-10-25-15(21-13)9-20-17(18-5)19-8-6-7-14-22-16(12(3)4)23-24-14;/h10-12H,6-9H2,1-5H3,(H2,18,19,20);1H. The topological polar surface area (TPSA) is 88.2 Å². The molecule has 2 aromatic rings. The number of hydrogen-bond acceptors (Lipinski definition) is 6. The second-order valence-electron chi connectivity index (χ2n) is 6.48. The van der Waals surface area contributed by atoms with Crippen molar-refractivity contribution >= 4 is 41.3 Å². The van der Waals surface area contributed by atoms with Crippen molar-refractivity contribution < 1.29 is 4.52 Å². The number of thiazole rings is 1. The van der Waals surface area contributed by atoms with Crippen molar-refractivity contribution in [3.63, 3.8) is 0 Å². The molecule has 0 radical (unpaired) electrons. The first kappa shape index (κ1) is 22.8. The van der Waals surface area contributed by atoms with E-state index in [0.717, 1.165) is 41.9 Å². The minimum absolute atomic E-state index is 0. The average Bonchev–Trinajstić information content (AvgIpc) is 3.23. The molecular weight excluding hydrogens is 463 g/mol. The van der Waals surface area contributed by atoms with Crippen molar-refractivity contribution in [3.8, 4) is 0 Å². The Kier molecular flexibility index (Phi) is 10.1. The average molecular weight is 492 g/mol. The van der Waals surface area contributed by atoms with Crippen LogP contribution in [0.25, 0.3) is 0 Å². The predicted molar refractivity (Wildman–Crippen MR) is 117 cm³/mol. The molecule has 0 fully saturated rings. The van der Waals surface area contributed by atoms with Crippen molar-refractivity contribution in [1.29, 1.82) is 0 Å². The van der Waals surface area contributed by atoms with Crippen molar-refractivity contribution in [2.45, 2.75) is 58.9 Å². The van der Waals surface area contributed by atoms with Crippen LogP contribution in [-0.2, 0) is 13.0 Å². The summed E-state index contributed by atoms with van der Waals surface area (Å²) in [5, 5.41) is 13.7. The van der Waals surface area contributed by atoms with E-state index in [-0.39, 0.29) is 24.0 Å². The van der Waals surface area contributed by atoms with Crippen LogP contribution in [0.15, 0.2) is 14.9 Å². The summed E-state index contributed by atoms with van der Waals surface area (Å²) in [4.78, 5) is 13.2. The number of guanidine groups is 1. The highest BCUT2D eigenvalue weighted by atomic mass is 127. The van der Waals surface area contributed by atoms with E-state index in [9.17, 15) is 0 Å². The second-order valence-corrected chi connectivity index (χ2v) is 7.42. The molecule has 0 aliphatic rings. The number of hydrogen-bond donors (Lipinski definition) is 2. The maximum atomic E-state index is 5.24. The number of halogens is 1. The van der Waals surface area contributed by atoms with Gasteiger partial charge in [0.1, 0.15) is 5.01 Å². The van der Waals surface area contributed by atoms with Gasteiger partial charge in [0, 0.05) is 31.3 Å². The first-order valence-corrected chi connectivity index (χ1v) is 9.58. The number of aliphatic imine (C=N–C) groups is 1. The van der Waals surface area contributed by atoms with Crippen LogP contribution < -0.4 is 10.6 Å². The quantitative estimate of drug-likeness (QED) is 0.253. The Morgan fingerprint density at radius 1 is 1.19 bits per heavy atom. The zero-order valence-corrected chi connectivity index (χ0v) is 19.2. The molecule has 7 nitrogen and oxygen atoms in total. The predicted octanol–water partition coefficient (Wildman–Crippen LogP) is 3.69. The van der Waals surface area contributed by atoms with E-state index in [1.807, 2.05) is 0 Å². The van der Waals surface area contributed by atoms with Crippen molar-refractivity contribution in [1.82, 2.24) is 25.8 Å². The van der Waals surface area contributed by atoms with Crippen LogP contribution >= 0.6 is 35.3 Å². The van der Waals surface area contributed by atoms with E-state index in [1.54, 1.807) is 18.4 Å². The SMILES string of the molecule is CN=C(NCCCc1nc(C(C)C)no1)NCc1nc(C(C)C)cs1.I. The van der Waals surface area contributed by atoms with Gasteiger partial charge in [-0.05, 0) is 12.3 Å². The van der Waals surface area contributed by atoms with Crippen LogP contribution in [0.5, 0.6) is 0 Å². The molecule has 9 heteroatoms. The van der Waals surface area contributed by atoms with Crippen LogP contribution in [0, 0.1) is 0 Å². The normalized spacial score (nSPS) is 11.7. The Bertz CT molecular complexity index is 682. The summed E-state index contributed by atoms with van der Waals surface area (Å²) in [7, 11) is 1.77. The Labute approximate surface area is 176 Å². The molecule has 0 bridgehead atoms. The maximum absolute atomic E-state index is 5.24. The summed E-state index contributed by atoms with van der Waals surface area (Å²) in [6.07, 6.45) is 1.66. The molecule has 2 rings (SSSR count). The maximum Gasteiger partial charge on any atom is 0.226 e. The van der Waals surface area contributed by atoms with E-state index in [2.05, 4.69) is 63.8 Å². The van der Waals surface area contributed by atoms with Gasteiger partial charge in [0.2, 0.25) is 5.89 Å². The van der Waals surface area contributed by atoms with Gasteiger partial charge in [-0.3, -0.25) is 4.99 Å². The summed E-state index contributed by atoms with van der Waals surface area (Å²) in [6.45, 7) is 9.88. The highest BCUT2D eigenvalue weighted by Crippen LogP contribution is 2.17. The van der Waals surface area contributed by atoms with E-state index >= 15 is 0 Å². The molecule has 0 aromatic carbocycles. The lowest BCUT2D eigenvalue weighted by Crippen LogP contribution is -2.37. The van der Waals surface area contributed by atoms with Gasteiger partial charge in [0.15, 0.2) is 11.8 Å². The first-order chi connectivity index (χ1) is 12.0. The zero-order valence-electron chi connectivity index (χ0n) is 16.1. The van der Waals surface area contributed by atoms with Gasteiger partial charge in [-0.25, -0.2) is 4.98 Å². The number of aromatic nitrogens is 3. The lowest BCUT2D eigenvalue weighted by Gasteiger charge is -2.10. The third-order valence-corrected chi connectivity index (χ3v) is 4.52. The molecule has 0 aliphatic carbocycles. The number of nitrogens with zero attached hydrogens (tertiary/aromatic N) is 4. The monoisotopic (exact) mass is 492 g/mol. The molecule has 2 heterocycles. The smallest absolute Gasteiger partial charge is 0.226 e. The van der Waals surface area contributed by atoms with Gasteiger partial charge in [-0.2, -0.15) is 4.98 Å². The molecular formula is C17H29IN6OS. The fraction of sp³-hybridized carbons (Fsp3) is 0.647. The van der Waals surface area contributed by atoms with Crippen LogP contribution in [0.2, 0.25) is 0 Å². The van der Waals surface area contributed by atoms with Gasteiger partial charge >= 0.3 is 0 Å². The zero-order chi connectivity index (χ0) is 18.2. The summed E-state index contributed by atoms with van der Waals surface area (Å²) in [5.74, 6) is 2.99. The Balaban J connectivity index is 0.00000338. The van der Waals surface area contributed by atoms with Gasteiger partial charge in [-0.15, -0.1) is 35.3 Å². The van der Waals surface area contributed by atoms with Crippen LogP contribution in [0.1, 0.15) is 68.4 Å². The molecule has 146 valence electrons. The second kappa shape index (κ2) is 11.5. The Morgan fingerprint density at radius 2 is 1.96 bits per heavy atom. The highest BCUT2D eigenvalue weighted by Gasteiger charge is 2.09. The van der Waals surface area contributed by atoms with Gasteiger partial charge in [0.05, 0.1) is 12.2 Å². The van der Waals surface area contributed by atoms with Crippen molar-refractivity contribution in [2.75, 3.05) is 13.6 Å². The Hall–Kier alpha value is -1.23. The molecule has 0 amide bonds. The van der Waals surface area contributed by atoms with Crippen LogP contribution in [0.4, 0.5) is 0 Å². The van der Waals surface area contributed by atoms with Crippen LogP contribution in [-0.4, -0.2) is 34.7 Å². The summed E-state index contributed by atoms with van der Waals surface area (Å²) >= 11 is 1.68. The van der Waals surface area contributed by atoms with E-state index in [0.29, 0.717) is 24.3 Å². The summed E-state index contributed by atoms with van der Waals surface area (Å²) in [6, 6.07) is 0. The largest absolute Gasteiger partial charge is 0.356 e. The molecule has 0 saturated carbocycles. The third kappa shape index (κ3) is 7.18. The molecule has 26 heavy (non-hydrogen) atoms. The minimum Gasteiger partial charge on any atom is -0.356 e. The Morgan fingerprint density at radius 3 is 2.54 bits per heavy atom. The summed E-state index contributed by atoms with van der Waals surface area (Å²) in [5.41, 5.74) is 1.14. The minimum atomic E-state index is 0. The van der Waals surface area contributed by atoms with Crippen molar-refractivity contribution in [3.05, 3.63) is 27.8 Å². The van der Waals surface area contributed by atoms with E-state index in [4.69, 9.17) is 4.52 Å². The molecule has 0 saturated heterocycles. The fourth-order valence-electron chi connectivity index (χ4n) is 2.10. The molecule has 0 unspecified atom stereocenters. The molecule has 2 aromatic heterocycles. The van der Waals surface area contributed by atoms with E-state index in [1.165, 1.54) is 0 Å². The molecule has 2 N–H and O–H groups in total. The van der Waals surface area contributed by atoms with Gasteiger partial charge < -0.3 is 15.2 Å². The van der Waals surface area contributed by atoms with Crippen LogP contribution in [0.3, 0.4) is 0 Å². The lowest BCUT2D eigenvalue weighted by molar-refractivity contribution is 0.368. The molecule has 0 atom stereocenters. The number of nitrogens with one attached hydrogen (secondary N) is 2. The summed E-state index contributed by atoms with van der Waals surface area (Å²) < 4.78 is 5.24. The number of rotatable bonds is 8. The van der Waals surface area contributed by atoms with Crippen molar-refractivity contribution in [2.24, 2.45) is 4.99 Å². The molecule has 0 spiro atoms. The van der Waals surface area contributed by atoms with E-state index < -0.39 is 0 Å².